The van der Waals surface area contributed by atoms with Crippen LogP contribution in [0.1, 0.15) is 16.6 Å². The topological polar surface area (TPSA) is 149 Å². The van der Waals surface area contributed by atoms with Crippen LogP contribution in [0.2, 0.25) is 0 Å². The van der Waals surface area contributed by atoms with Gasteiger partial charge in [-0.2, -0.15) is 0 Å². The van der Waals surface area contributed by atoms with Crippen LogP contribution in [-0.2, 0) is 13.8 Å². The monoisotopic (exact) mass is 436 g/mol. The molecule has 0 saturated carbocycles. The molecule has 3 heterocycles. The summed E-state index contributed by atoms with van der Waals surface area (Å²) in [7, 11) is -3.10. The van der Waals surface area contributed by atoms with E-state index < -0.39 is 45.4 Å². The fraction of sp³-hybridized carbons (Fsp3) is 0.294. The number of imidazole rings is 1. The second-order valence-corrected chi connectivity index (χ2v) is 7.05. The van der Waals surface area contributed by atoms with Crippen LogP contribution in [0.5, 0.6) is 0 Å². The molecule has 1 amide bonds. The summed E-state index contributed by atoms with van der Waals surface area (Å²) >= 11 is 0. The highest BCUT2D eigenvalue weighted by atomic mass is 31.1. The Bertz CT molecular complexity index is 1080. The van der Waals surface area contributed by atoms with Gasteiger partial charge in [-0.25, -0.2) is 19.3 Å². The molecule has 13 heteroatoms. The number of rotatable bonds is 6. The lowest BCUT2D eigenvalue weighted by atomic mass is 10.1. The van der Waals surface area contributed by atoms with Crippen molar-refractivity contribution >= 4 is 31.1 Å². The first-order valence-electron chi connectivity index (χ1n) is 8.77. The highest BCUT2D eigenvalue weighted by molar-refractivity contribution is 7.32. The minimum Gasteiger partial charge on any atom is -0.394 e. The van der Waals surface area contributed by atoms with Crippen LogP contribution in [0.25, 0.3) is 11.2 Å². The first-order valence-corrected chi connectivity index (χ1v) is 9.90. The van der Waals surface area contributed by atoms with E-state index in [1.54, 1.807) is 30.3 Å². The smallest absolute Gasteiger partial charge is 0.394 e. The van der Waals surface area contributed by atoms with Crippen molar-refractivity contribution in [2.45, 2.75) is 24.6 Å². The number of anilines is 1. The Labute approximate surface area is 169 Å². The van der Waals surface area contributed by atoms with Gasteiger partial charge in [-0.3, -0.25) is 9.36 Å². The molecule has 4 rings (SSSR count). The third-order valence-electron chi connectivity index (χ3n) is 4.56. The van der Waals surface area contributed by atoms with Crippen LogP contribution in [0.3, 0.4) is 0 Å². The van der Waals surface area contributed by atoms with Crippen LogP contribution >= 0.6 is 8.25 Å². The lowest BCUT2D eigenvalue weighted by Crippen LogP contribution is -2.32. The van der Waals surface area contributed by atoms with Gasteiger partial charge in [-0.1, -0.05) is 18.2 Å². The number of amides is 1. The van der Waals surface area contributed by atoms with Gasteiger partial charge in [0.2, 0.25) is 0 Å². The quantitative estimate of drug-likeness (QED) is 0.487. The maximum absolute atomic E-state index is 14.9. The minimum atomic E-state index is -3.10. The molecule has 1 aromatic carbocycles. The van der Waals surface area contributed by atoms with Crippen molar-refractivity contribution in [3.05, 3.63) is 48.5 Å². The molecule has 0 aliphatic carbocycles. The van der Waals surface area contributed by atoms with E-state index in [4.69, 9.17) is 9.63 Å². The van der Waals surface area contributed by atoms with Crippen molar-refractivity contribution in [2.75, 3.05) is 11.9 Å². The third-order valence-corrected chi connectivity index (χ3v) is 4.98. The molecule has 2 aromatic heterocycles. The molecule has 11 nitrogen and oxygen atoms in total. The SMILES string of the molecule is O=C(Nc1ncnc2c1ncn2[C@@H]1O[C@H](CO)C(O[P+](=O)O)C1F)c1ccccc1. The second-order valence-electron chi connectivity index (χ2n) is 6.37. The molecule has 0 bridgehead atoms. The largest absolute Gasteiger partial charge is 0.695 e. The van der Waals surface area contributed by atoms with Crippen molar-refractivity contribution in [2.24, 2.45) is 0 Å². The standard InChI is InChI=1S/C17H15FN5O6P/c18-11-13(29-30(26)27)10(6-24)28-17(11)23-8-21-12-14(19-7-20-15(12)23)22-16(25)9-4-2-1-3-5-9/h1-5,7-8,10-11,13,17,24H,6H2,(H-,19,20,22,25,26,27)/p+1/t10-,11?,13?,17-/m1/s1. The normalized spacial score (nSPS) is 24.2. The zero-order chi connectivity index (χ0) is 21.3. The number of carbonyl (C=O) groups excluding carboxylic acids is 1. The Morgan fingerprint density at radius 2 is 2.07 bits per heavy atom. The predicted molar refractivity (Wildman–Crippen MR) is 100 cm³/mol. The summed E-state index contributed by atoms with van der Waals surface area (Å²) < 4.78 is 37.3. The Balaban J connectivity index is 1.63. The van der Waals surface area contributed by atoms with Gasteiger partial charge >= 0.3 is 8.25 Å². The maximum atomic E-state index is 14.9. The molecule has 1 aliphatic rings. The first-order chi connectivity index (χ1) is 14.5. The van der Waals surface area contributed by atoms with Crippen LogP contribution in [-0.4, -0.2) is 60.4 Å². The molecule has 5 atom stereocenters. The predicted octanol–water partition coefficient (Wildman–Crippen LogP) is 1.34. The zero-order valence-electron chi connectivity index (χ0n) is 15.2. The Morgan fingerprint density at radius 3 is 2.77 bits per heavy atom. The molecule has 1 fully saturated rings. The molecule has 3 N–H and O–H groups in total. The van der Waals surface area contributed by atoms with Gasteiger partial charge in [0.15, 0.2) is 35.5 Å². The third kappa shape index (κ3) is 3.78. The van der Waals surface area contributed by atoms with Crippen molar-refractivity contribution in [3.63, 3.8) is 0 Å². The summed E-state index contributed by atoms with van der Waals surface area (Å²) in [6, 6.07) is 8.48. The van der Waals surface area contributed by atoms with Gasteiger partial charge in [0.05, 0.1) is 12.9 Å². The molecule has 3 aromatic rings. The molecule has 0 spiro atoms. The number of aliphatic hydroxyl groups excluding tert-OH is 1. The zero-order valence-corrected chi connectivity index (χ0v) is 16.1. The number of hydrogen-bond donors (Lipinski definition) is 3. The summed E-state index contributed by atoms with van der Waals surface area (Å²) in [5.41, 5.74) is 0.762. The number of aliphatic hydroxyl groups is 1. The number of alkyl halides is 1. The second kappa shape index (κ2) is 8.46. The molecule has 1 aliphatic heterocycles. The maximum Gasteiger partial charge on any atom is 0.695 e. The number of aromatic nitrogens is 4. The number of carbonyl (C=O) groups is 1. The van der Waals surface area contributed by atoms with E-state index in [-0.39, 0.29) is 17.0 Å². The fourth-order valence-electron chi connectivity index (χ4n) is 3.19. The van der Waals surface area contributed by atoms with Crippen molar-refractivity contribution < 1.29 is 33.0 Å². The fourth-order valence-corrected chi connectivity index (χ4v) is 3.65. The first kappa shape index (κ1) is 20.4. The van der Waals surface area contributed by atoms with Crippen LogP contribution in [0.4, 0.5) is 10.2 Å². The van der Waals surface area contributed by atoms with Crippen molar-refractivity contribution in [1.29, 1.82) is 0 Å². The molecule has 30 heavy (non-hydrogen) atoms. The van der Waals surface area contributed by atoms with Gasteiger partial charge in [0.25, 0.3) is 5.91 Å². The number of benzene rings is 1. The molecule has 3 unspecified atom stereocenters. The van der Waals surface area contributed by atoms with Gasteiger partial charge in [-0.15, -0.1) is 9.42 Å². The number of nitrogens with zero attached hydrogens (tertiary/aromatic N) is 4. The average molecular weight is 436 g/mol. The Morgan fingerprint density at radius 1 is 1.30 bits per heavy atom. The summed E-state index contributed by atoms with van der Waals surface area (Å²) in [5, 5.41) is 12.0. The highest BCUT2D eigenvalue weighted by Gasteiger charge is 2.51. The summed E-state index contributed by atoms with van der Waals surface area (Å²) in [5.74, 6) is -0.294. The Hall–Kier alpha value is -2.89. The van der Waals surface area contributed by atoms with Gasteiger partial charge in [0, 0.05) is 10.1 Å². The van der Waals surface area contributed by atoms with E-state index in [2.05, 4.69) is 24.8 Å². The summed E-state index contributed by atoms with van der Waals surface area (Å²) in [6.07, 6.45) is -3.41. The van der Waals surface area contributed by atoms with Gasteiger partial charge in [0.1, 0.15) is 12.4 Å². The van der Waals surface area contributed by atoms with E-state index in [0.717, 1.165) is 0 Å². The number of nitrogens with one attached hydrogen (secondary N) is 1. The molecule has 0 radical (unpaired) electrons. The number of ether oxygens (including phenoxy) is 1. The van der Waals surface area contributed by atoms with Crippen molar-refractivity contribution in [1.82, 2.24) is 19.5 Å². The van der Waals surface area contributed by atoms with E-state index in [1.165, 1.54) is 17.2 Å². The minimum absolute atomic E-state index is 0.117. The van der Waals surface area contributed by atoms with Crippen LogP contribution in [0, 0.1) is 0 Å². The lowest BCUT2D eigenvalue weighted by molar-refractivity contribution is -0.0436. The van der Waals surface area contributed by atoms with E-state index in [9.17, 15) is 18.9 Å². The van der Waals surface area contributed by atoms with E-state index in [0.29, 0.717) is 5.56 Å². The van der Waals surface area contributed by atoms with Gasteiger partial charge < -0.3 is 15.2 Å². The average Bonchev–Trinajstić information content (AvgIpc) is 3.30. The Kier molecular flexibility index (Phi) is 5.75. The number of halogens is 1. The highest BCUT2D eigenvalue weighted by Crippen LogP contribution is 2.38. The summed E-state index contributed by atoms with van der Waals surface area (Å²) in [4.78, 5) is 33.6. The van der Waals surface area contributed by atoms with E-state index in [1.807, 2.05) is 0 Å². The number of hydrogen-bond acceptors (Lipinski definition) is 8. The lowest BCUT2D eigenvalue weighted by Gasteiger charge is -2.15. The van der Waals surface area contributed by atoms with Crippen LogP contribution < -0.4 is 5.32 Å². The molecular formula is C17H16FN5O6P+. The van der Waals surface area contributed by atoms with Gasteiger partial charge in [-0.05, 0) is 12.1 Å². The van der Waals surface area contributed by atoms with E-state index >= 15 is 0 Å². The molecule has 156 valence electrons. The van der Waals surface area contributed by atoms with Crippen molar-refractivity contribution in [3.8, 4) is 0 Å². The molecule has 1 saturated heterocycles. The summed E-state index contributed by atoms with van der Waals surface area (Å²) in [6.45, 7) is -0.620. The number of fused-ring (bicyclic) bond motifs is 1. The molecular weight excluding hydrogens is 420 g/mol. The van der Waals surface area contributed by atoms with Crippen LogP contribution in [0.15, 0.2) is 43.0 Å².